The van der Waals surface area contributed by atoms with Crippen LogP contribution in [0.3, 0.4) is 0 Å². The van der Waals surface area contributed by atoms with Crippen LogP contribution in [0.5, 0.6) is 0 Å². The molecule has 0 aliphatic heterocycles. The van der Waals surface area contributed by atoms with Gasteiger partial charge in [-0.2, -0.15) is 0 Å². The number of imidazole rings is 1. The average molecular weight is 327 g/mol. The minimum absolute atomic E-state index is 0.222. The Labute approximate surface area is 135 Å². The third kappa shape index (κ3) is 3.61. The number of carbonyl (C=O) groups excluding carboxylic acids is 2. The molecule has 0 spiro atoms. The van der Waals surface area contributed by atoms with Gasteiger partial charge >= 0.3 is 0 Å². The molecule has 2 aromatic heterocycles. The maximum atomic E-state index is 12.1. The van der Waals surface area contributed by atoms with Crippen LogP contribution in [-0.2, 0) is 4.79 Å². The van der Waals surface area contributed by atoms with Crippen molar-refractivity contribution in [1.82, 2.24) is 15.0 Å². The van der Waals surface area contributed by atoms with Crippen molar-refractivity contribution in [2.45, 2.75) is 6.92 Å². The van der Waals surface area contributed by atoms with E-state index < -0.39 is 0 Å². The monoisotopic (exact) mass is 327 g/mol. The molecule has 3 N–H and O–H groups in total. The fraction of sp³-hybridized carbons (Fsp3) is 0.0667. The first-order valence-electron chi connectivity index (χ1n) is 6.76. The van der Waals surface area contributed by atoms with Crippen LogP contribution in [-0.4, -0.2) is 26.8 Å². The highest BCUT2D eigenvalue weighted by atomic mass is 32.1. The first-order chi connectivity index (χ1) is 11.1. The van der Waals surface area contributed by atoms with E-state index in [4.69, 9.17) is 0 Å². The number of nitrogens with one attached hydrogen (secondary N) is 3. The Morgan fingerprint density at radius 2 is 1.96 bits per heavy atom. The molecular weight excluding hydrogens is 314 g/mol. The van der Waals surface area contributed by atoms with Crippen LogP contribution in [0.4, 0.5) is 10.8 Å². The highest BCUT2D eigenvalue weighted by Gasteiger charge is 2.12. The summed E-state index contributed by atoms with van der Waals surface area (Å²) < 4.78 is 0. The summed E-state index contributed by atoms with van der Waals surface area (Å²) in [5.41, 5.74) is 1.84. The van der Waals surface area contributed by atoms with E-state index in [1.54, 1.807) is 29.9 Å². The molecule has 2 heterocycles. The van der Waals surface area contributed by atoms with Crippen molar-refractivity contribution in [2.75, 3.05) is 10.6 Å². The maximum Gasteiger partial charge on any atom is 0.275 e. The van der Waals surface area contributed by atoms with Gasteiger partial charge in [-0.15, -0.1) is 11.3 Å². The van der Waals surface area contributed by atoms with Crippen molar-refractivity contribution in [1.29, 1.82) is 0 Å². The molecule has 0 saturated heterocycles. The third-order valence-corrected chi connectivity index (χ3v) is 3.69. The zero-order valence-electron chi connectivity index (χ0n) is 12.2. The summed E-state index contributed by atoms with van der Waals surface area (Å²) in [6, 6.07) is 7.30. The van der Waals surface area contributed by atoms with Crippen LogP contribution >= 0.6 is 11.3 Å². The quantitative estimate of drug-likeness (QED) is 0.686. The summed E-state index contributed by atoms with van der Waals surface area (Å²) in [5.74, 6) is 0.214. The van der Waals surface area contributed by atoms with E-state index in [1.807, 2.05) is 12.1 Å². The summed E-state index contributed by atoms with van der Waals surface area (Å²) in [6.45, 7) is 1.39. The number of aromatic nitrogens is 3. The molecule has 1 aromatic carbocycles. The van der Waals surface area contributed by atoms with Crippen molar-refractivity contribution in [3.05, 3.63) is 47.7 Å². The third-order valence-electron chi connectivity index (χ3n) is 2.93. The maximum absolute atomic E-state index is 12.1. The lowest BCUT2D eigenvalue weighted by Crippen LogP contribution is -2.13. The van der Waals surface area contributed by atoms with Gasteiger partial charge in [-0.05, 0) is 24.3 Å². The van der Waals surface area contributed by atoms with Gasteiger partial charge in [0.1, 0.15) is 11.5 Å². The highest BCUT2D eigenvalue weighted by Crippen LogP contribution is 2.19. The van der Waals surface area contributed by atoms with Gasteiger partial charge in [0.15, 0.2) is 5.13 Å². The van der Waals surface area contributed by atoms with E-state index in [1.165, 1.54) is 18.3 Å². The second-order valence-corrected chi connectivity index (χ2v) is 5.55. The van der Waals surface area contributed by atoms with Crippen LogP contribution in [0.25, 0.3) is 11.4 Å². The molecule has 7 nitrogen and oxygen atoms in total. The number of hydrogen-bond acceptors (Lipinski definition) is 5. The summed E-state index contributed by atoms with van der Waals surface area (Å²) in [4.78, 5) is 34.3. The zero-order valence-corrected chi connectivity index (χ0v) is 13.0. The molecule has 8 heteroatoms. The fourth-order valence-electron chi connectivity index (χ4n) is 1.92. The second kappa shape index (κ2) is 6.41. The molecule has 0 aliphatic carbocycles. The van der Waals surface area contributed by atoms with Crippen molar-refractivity contribution < 1.29 is 9.59 Å². The Balaban J connectivity index is 1.68. The Morgan fingerprint density at radius 1 is 1.17 bits per heavy atom. The Bertz CT molecular complexity index is 824. The van der Waals surface area contributed by atoms with Gasteiger partial charge in [-0.3, -0.25) is 9.59 Å². The molecule has 3 rings (SSSR count). The molecule has 0 aliphatic rings. The van der Waals surface area contributed by atoms with Crippen molar-refractivity contribution in [3.8, 4) is 11.4 Å². The summed E-state index contributed by atoms with van der Waals surface area (Å²) in [6.07, 6.45) is 3.43. The number of rotatable bonds is 4. The molecule has 0 saturated carbocycles. The van der Waals surface area contributed by atoms with Crippen molar-refractivity contribution in [2.24, 2.45) is 0 Å². The molecule has 23 heavy (non-hydrogen) atoms. The molecule has 0 bridgehead atoms. The topological polar surface area (TPSA) is 99.8 Å². The van der Waals surface area contributed by atoms with Gasteiger partial charge in [0.25, 0.3) is 5.91 Å². The van der Waals surface area contributed by atoms with Crippen LogP contribution in [0.1, 0.15) is 17.4 Å². The summed E-state index contributed by atoms with van der Waals surface area (Å²) in [7, 11) is 0. The average Bonchev–Trinajstić information content (AvgIpc) is 3.19. The highest BCUT2D eigenvalue weighted by molar-refractivity contribution is 7.14. The van der Waals surface area contributed by atoms with E-state index >= 15 is 0 Å². The smallest absolute Gasteiger partial charge is 0.275 e. The summed E-state index contributed by atoms with van der Waals surface area (Å²) in [5, 5.41) is 7.30. The summed E-state index contributed by atoms with van der Waals surface area (Å²) >= 11 is 1.20. The minimum Gasteiger partial charge on any atom is -0.345 e. The molecular formula is C15H13N5O2S. The molecule has 0 unspecified atom stereocenters. The Hall–Kier alpha value is -3.00. The normalized spacial score (nSPS) is 10.3. The second-order valence-electron chi connectivity index (χ2n) is 4.69. The van der Waals surface area contributed by atoms with E-state index in [2.05, 4.69) is 25.6 Å². The van der Waals surface area contributed by atoms with Crippen LogP contribution < -0.4 is 10.6 Å². The minimum atomic E-state index is -0.330. The standard InChI is InChI=1S/C15H13N5O2S/c1-9(21)18-15-20-12(8-23-15)14(22)19-11-4-2-10(3-5-11)13-16-6-7-17-13/h2-8H,1H3,(H,16,17)(H,19,22)(H,18,20,21). The number of aromatic amines is 1. The van der Waals surface area contributed by atoms with Crippen molar-refractivity contribution in [3.63, 3.8) is 0 Å². The van der Waals surface area contributed by atoms with E-state index in [-0.39, 0.29) is 17.5 Å². The Kier molecular flexibility index (Phi) is 4.15. The number of benzene rings is 1. The van der Waals surface area contributed by atoms with Gasteiger partial charge in [0.2, 0.25) is 5.91 Å². The largest absolute Gasteiger partial charge is 0.345 e. The molecule has 0 fully saturated rings. The van der Waals surface area contributed by atoms with Crippen LogP contribution in [0.2, 0.25) is 0 Å². The van der Waals surface area contributed by atoms with Crippen molar-refractivity contribution >= 4 is 34.0 Å². The number of hydrogen-bond donors (Lipinski definition) is 3. The Morgan fingerprint density at radius 3 is 2.61 bits per heavy atom. The number of amides is 2. The number of thiazole rings is 1. The first kappa shape index (κ1) is 14.9. The predicted octanol–water partition coefficient (Wildman–Crippen LogP) is 2.74. The predicted molar refractivity (Wildman–Crippen MR) is 88.4 cm³/mol. The molecule has 0 atom stereocenters. The van der Waals surface area contributed by atoms with Gasteiger partial charge in [-0.1, -0.05) is 0 Å². The van der Waals surface area contributed by atoms with E-state index in [9.17, 15) is 9.59 Å². The zero-order chi connectivity index (χ0) is 16.2. The van der Waals surface area contributed by atoms with E-state index in [0.717, 1.165) is 11.4 Å². The molecule has 3 aromatic rings. The van der Waals surface area contributed by atoms with Gasteiger partial charge < -0.3 is 15.6 Å². The fourth-order valence-corrected chi connectivity index (χ4v) is 2.65. The van der Waals surface area contributed by atoms with E-state index in [0.29, 0.717) is 10.8 Å². The number of nitrogens with zero attached hydrogens (tertiary/aromatic N) is 2. The number of H-pyrrole nitrogens is 1. The lowest BCUT2D eigenvalue weighted by Gasteiger charge is -2.04. The molecule has 116 valence electrons. The molecule has 0 radical (unpaired) electrons. The van der Waals surface area contributed by atoms with Crippen LogP contribution in [0, 0.1) is 0 Å². The van der Waals surface area contributed by atoms with Gasteiger partial charge in [0.05, 0.1) is 0 Å². The number of carbonyl (C=O) groups is 2. The van der Waals surface area contributed by atoms with Crippen LogP contribution in [0.15, 0.2) is 42.0 Å². The molecule has 2 amide bonds. The number of anilines is 2. The lowest BCUT2D eigenvalue weighted by molar-refractivity contribution is -0.114. The van der Waals surface area contributed by atoms with Gasteiger partial charge in [-0.25, -0.2) is 9.97 Å². The first-order valence-corrected chi connectivity index (χ1v) is 7.64. The lowest BCUT2D eigenvalue weighted by atomic mass is 10.2. The van der Waals surface area contributed by atoms with Gasteiger partial charge in [0, 0.05) is 35.9 Å². The SMILES string of the molecule is CC(=O)Nc1nc(C(=O)Nc2ccc(-c3ncc[nH]3)cc2)cs1.